The molecular formula is C18H24N4O2. The summed E-state index contributed by atoms with van der Waals surface area (Å²) >= 11 is 0. The number of piperidine rings is 1. The molecule has 1 aromatic heterocycles. The molecule has 0 spiro atoms. The molecule has 1 aliphatic heterocycles. The van der Waals surface area contributed by atoms with Crippen LogP contribution >= 0.6 is 0 Å². The number of hydrogen-bond acceptors (Lipinski definition) is 5. The van der Waals surface area contributed by atoms with Crippen molar-refractivity contribution in [1.82, 2.24) is 15.5 Å². The minimum Gasteiger partial charge on any atom is -0.406 e. The third-order valence-electron chi connectivity index (χ3n) is 4.29. The van der Waals surface area contributed by atoms with E-state index in [1.54, 1.807) is 0 Å². The Bertz CT molecular complexity index is 650. The van der Waals surface area contributed by atoms with Crippen LogP contribution < -0.4 is 10.2 Å². The summed E-state index contributed by atoms with van der Waals surface area (Å²) in [5.41, 5.74) is 1.12. The van der Waals surface area contributed by atoms with Gasteiger partial charge in [-0.05, 0) is 24.8 Å². The lowest BCUT2D eigenvalue weighted by molar-refractivity contribution is -0.121. The first kappa shape index (κ1) is 16.5. The molecule has 1 aliphatic rings. The summed E-state index contributed by atoms with van der Waals surface area (Å²) in [5, 5.41) is 11.4. The van der Waals surface area contributed by atoms with E-state index in [-0.39, 0.29) is 11.9 Å². The van der Waals surface area contributed by atoms with Gasteiger partial charge in [0.1, 0.15) is 6.04 Å². The number of amides is 1. The molecule has 24 heavy (non-hydrogen) atoms. The maximum atomic E-state index is 11.9. The minimum absolute atomic E-state index is 0.0198. The molecule has 0 saturated carbocycles. The van der Waals surface area contributed by atoms with Crippen LogP contribution in [0.25, 0.3) is 0 Å². The summed E-state index contributed by atoms with van der Waals surface area (Å²) in [4.78, 5) is 14.0. The van der Waals surface area contributed by atoms with Crippen molar-refractivity contribution in [2.24, 2.45) is 0 Å². The standard InChI is InChI=1S/C18H24N4O2/c1-2-16(23)19-15(13-14-9-5-3-6-10-14)17-20-21-18(24-17)22-11-7-4-8-12-22/h3,5-6,9-10,15H,2,4,7-8,11-13H2,1H3,(H,19,23)/t15-/m1/s1. The van der Waals surface area contributed by atoms with Crippen molar-refractivity contribution in [2.75, 3.05) is 18.0 Å². The molecule has 2 heterocycles. The summed E-state index contributed by atoms with van der Waals surface area (Å²) in [7, 11) is 0. The molecule has 0 radical (unpaired) electrons. The van der Waals surface area contributed by atoms with Crippen molar-refractivity contribution >= 4 is 11.9 Å². The lowest BCUT2D eigenvalue weighted by Gasteiger charge is -2.24. The highest BCUT2D eigenvalue weighted by atomic mass is 16.4. The number of nitrogens with zero attached hydrogens (tertiary/aromatic N) is 3. The fourth-order valence-corrected chi connectivity index (χ4v) is 2.93. The van der Waals surface area contributed by atoms with Crippen LogP contribution in [0.5, 0.6) is 0 Å². The van der Waals surface area contributed by atoms with E-state index in [4.69, 9.17) is 4.42 Å². The minimum atomic E-state index is -0.300. The van der Waals surface area contributed by atoms with E-state index < -0.39 is 0 Å². The van der Waals surface area contributed by atoms with Crippen LogP contribution in [0.3, 0.4) is 0 Å². The number of aromatic nitrogens is 2. The van der Waals surface area contributed by atoms with Crippen LogP contribution in [0.2, 0.25) is 0 Å². The Hall–Kier alpha value is -2.37. The fourth-order valence-electron chi connectivity index (χ4n) is 2.93. The molecule has 1 amide bonds. The Kier molecular flexibility index (Phi) is 5.46. The smallest absolute Gasteiger partial charge is 0.318 e. The average molecular weight is 328 g/mol. The highest BCUT2D eigenvalue weighted by molar-refractivity contribution is 5.75. The summed E-state index contributed by atoms with van der Waals surface area (Å²) in [6, 6.07) is 10.3. The second-order valence-corrected chi connectivity index (χ2v) is 6.13. The number of carbonyl (C=O) groups excluding carboxylic acids is 1. The van der Waals surface area contributed by atoms with Crippen molar-refractivity contribution in [2.45, 2.75) is 45.1 Å². The first-order valence-electron chi connectivity index (χ1n) is 8.68. The number of hydrogen-bond donors (Lipinski definition) is 1. The SMILES string of the molecule is CCC(=O)N[C@H](Cc1ccccc1)c1nnc(N2CCCCC2)o1. The van der Waals surface area contributed by atoms with Gasteiger partial charge >= 0.3 is 6.01 Å². The Balaban J connectivity index is 1.76. The molecule has 6 nitrogen and oxygen atoms in total. The second kappa shape index (κ2) is 7.95. The number of carbonyl (C=O) groups is 1. The first-order valence-corrected chi connectivity index (χ1v) is 8.68. The molecule has 0 unspecified atom stereocenters. The Morgan fingerprint density at radius 3 is 2.67 bits per heavy atom. The largest absolute Gasteiger partial charge is 0.406 e. The van der Waals surface area contributed by atoms with Gasteiger partial charge < -0.3 is 14.6 Å². The summed E-state index contributed by atoms with van der Waals surface area (Å²) < 4.78 is 5.89. The predicted molar refractivity (Wildman–Crippen MR) is 91.7 cm³/mol. The fraction of sp³-hybridized carbons (Fsp3) is 0.500. The van der Waals surface area contributed by atoms with Gasteiger partial charge in [0.05, 0.1) is 0 Å². The van der Waals surface area contributed by atoms with E-state index in [2.05, 4.69) is 20.4 Å². The molecule has 1 fully saturated rings. The summed E-state index contributed by atoms with van der Waals surface area (Å²) in [6.45, 7) is 3.74. The lowest BCUT2D eigenvalue weighted by atomic mass is 10.1. The van der Waals surface area contributed by atoms with Crippen LogP contribution in [-0.2, 0) is 11.2 Å². The van der Waals surface area contributed by atoms with Gasteiger partial charge in [-0.1, -0.05) is 42.4 Å². The van der Waals surface area contributed by atoms with Crippen molar-refractivity contribution in [3.05, 3.63) is 41.8 Å². The van der Waals surface area contributed by atoms with Crippen LogP contribution in [-0.4, -0.2) is 29.2 Å². The highest BCUT2D eigenvalue weighted by Gasteiger charge is 2.23. The third-order valence-corrected chi connectivity index (χ3v) is 4.29. The van der Waals surface area contributed by atoms with Crippen molar-refractivity contribution in [3.63, 3.8) is 0 Å². The van der Waals surface area contributed by atoms with Crippen molar-refractivity contribution < 1.29 is 9.21 Å². The van der Waals surface area contributed by atoms with E-state index in [1.165, 1.54) is 6.42 Å². The van der Waals surface area contributed by atoms with Gasteiger partial charge in [0.25, 0.3) is 0 Å². The van der Waals surface area contributed by atoms with E-state index in [0.29, 0.717) is 24.7 Å². The molecule has 3 rings (SSSR count). The second-order valence-electron chi connectivity index (χ2n) is 6.13. The Morgan fingerprint density at radius 1 is 1.21 bits per heavy atom. The maximum Gasteiger partial charge on any atom is 0.318 e. The van der Waals surface area contributed by atoms with Gasteiger partial charge in [0.15, 0.2) is 0 Å². The average Bonchev–Trinajstić information content (AvgIpc) is 3.13. The molecule has 1 N–H and O–H groups in total. The van der Waals surface area contributed by atoms with Gasteiger partial charge in [-0.15, -0.1) is 5.10 Å². The molecular weight excluding hydrogens is 304 g/mol. The van der Waals surface area contributed by atoms with Gasteiger partial charge in [0.2, 0.25) is 11.8 Å². The summed E-state index contributed by atoms with van der Waals surface area (Å²) in [5.74, 6) is 0.454. The molecule has 0 bridgehead atoms. The lowest BCUT2D eigenvalue weighted by Crippen LogP contribution is -2.30. The zero-order valence-electron chi connectivity index (χ0n) is 14.1. The predicted octanol–water partition coefficient (Wildman–Crippen LogP) is 2.87. The Morgan fingerprint density at radius 2 is 1.96 bits per heavy atom. The Labute approximate surface area is 142 Å². The molecule has 1 atom stereocenters. The van der Waals surface area contributed by atoms with Crippen molar-refractivity contribution in [3.8, 4) is 0 Å². The van der Waals surface area contributed by atoms with Gasteiger partial charge in [-0.25, -0.2) is 0 Å². The molecule has 6 heteroatoms. The number of anilines is 1. The van der Waals surface area contributed by atoms with Crippen LogP contribution in [0.1, 0.15) is 50.1 Å². The number of benzene rings is 1. The monoisotopic (exact) mass is 328 g/mol. The highest BCUT2D eigenvalue weighted by Crippen LogP contribution is 2.23. The third kappa shape index (κ3) is 4.13. The van der Waals surface area contributed by atoms with E-state index in [0.717, 1.165) is 31.5 Å². The molecule has 0 aliphatic carbocycles. The van der Waals surface area contributed by atoms with Crippen LogP contribution in [0.15, 0.2) is 34.7 Å². The number of rotatable bonds is 6. The molecule has 1 saturated heterocycles. The summed E-state index contributed by atoms with van der Waals surface area (Å²) in [6.07, 6.45) is 4.61. The van der Waals surface area contributed by atoms with Gasteiger partial charge in [-0.3, -0.25) is 4.79 Å². The molecule has 128 valence electrons. The zero-order valence-corrected chi connectivity index (χ0v) is 14.1. The molecule has 2 aromatic rings. The topological polar surface area (TPSA) is 71.3 Å². The number of nitrogens with one attached hydrogen (secondary N) is 1. The van der Waals surface area contributed by atoms with Gasteiger partial charge in [-0.2, -0.15) is 0 Å². The quantitative estimate of drug-likeness (QED) is 0.883. The maximum absolute atomic E-state index is 11.9. The first-order chi connectivity index (χ1) is 11.8. The van der Waals surface area contributed by atoms with E-state index >= 15 is 0 Å². The van der Waals surface area contributed by atoms with E-state index in [9.17, 15) is 4.79 Å². The van der Waals surface area contributed by atoms with Crippen molar-refractivity contribution in [1.29, 1.82) is 0 Å². The van der Waals surface area contributed by atoms with E-state index in [1.807, 2.05) is 37.3 Å². The molecule has 1 aromatic carbocycles. The zero-order chi connectivity index (χ0) is 16.8. The normalized spacial score (nSPS) is 16.0. The van der Waals surface area contributed by atoms with Crippen LogP contribution in [0, 0.1) is 0 Å². The van der Waals surface area contributed by atoms with Gasteiger partial charge in [0, 0.05) is 25.9 Å². The van der Waals surface area contributed by atoms with Crippen LogP contribution in [0.4, 0.5) is 6.01 Å².